The van der Waals surface area contributed by atoms with Crippen LogP contribution in [0.2, 0.25) is 0 Å². The topological polar surface area (TPSA) is 108 Å². The van der Waals surface area contributed by atoms with Gasteiger partial charge >= 0.3 is 0 Å². The van der Waals surface area contributed by atoms with Crippen LogP contribution < -0.4 is 10.6 Å². The zero-order chi connectivity index (χ0) is 27.5. The van der Waals surface area contributed by atoms with Crippen molar-refractivity contribution in [2.24, 2.45) is 17.8 Å². The van der Waals surface area contributed by atoms with E-state index in [1.165, 1.54) is 0 Å². The van der Waals surface area contributed by atoms with Crippen molar-refractivity contribution in [3.8, 4) is 0 Å². The predicted molar refractivity (Wildman–Crippen MR) is 145 cm³/mol. The van der Waals surface area contributed by atoms with Gasteiger partial charge in [-0.15, -0.1) is 0 Å². The first-order chi connectivity index (χ1) is 18.2. The van der Waals surface area contributed by atoms with Gasteiger partial charge in [0.25, 0.3) is 0 Å². The van der Waals surface area contributed by atoms with Crippen molar-refractivity contribution in [2.45, 2.75) is 102 Å². The number of likely N-dealkylation sites (tertiary alicyclic amines) is 1. The van der Waals surface area contributed by atoms with Crippen LogP contribution in [0.15, 0.2) is 30.3 Å². The summed E-state index contributed by atoms with van der Waals surface area (Å²) in [5.74, 6) is -1.90. The van der Waals surface area contributed by atoms with Gasteiger partial charge in [-0.2, -0.15) is 0 Å². The van der Waals surface area contributed by atoms with Gasteiger partial charge in [0.1, 0.15) is 11.6 Å². The maximum Gasteiger partial charge on any atom is 0.245 e. The fourth-order valence-electron chi connectivity index (χ4n) is 7.15. The Morgan fingerprint density at radius 2 is 1.84 bits per heavy atom. The molecule has 3 aliphatic heterocycles. The average molecular weight is 528 g/mol. The average Bonchev–Trinajstić information content (AvgIpc) is 3.52. The van der Waals surface area contributed by atoms with Gasteiger partial charge in [-0.3, -0.25) is 14.4 Å². The van der Waals surface area contributed by atoms with Crippen molar-refractivity contribution in [2.75, 3.05) is 13.2 Å². The number of unbranched alkanes of at least 4 members (excludes halogenated alkanes) is 2. The number of hydrogen-bond donors (Lipinski definition) is 3. The Morgan fingerprint density at radius 3 is 2.47 bits per heavy atom. The van der Waals surface area contributed by atoms with Gasteiger partial charge in [0, 0.05) is 13.1 Å². The highest BCUT2D eigenvalue weighted by Gasteiger charge is 2.79. The molecule has 1 aromatic rings. The van der Waals surface area contributed by atoms with Gasteiger partial charge in [0.2, 0.25) is 17.7 Å². The van der Waals surface area contributed by atoms with Crippen LogP contribution >= 0.6 is 0 Å². The van der Waals surface area contributed by atoms with Gasteiger partial charge in [0.15, 0.2) is 0 Å². The van der Waals surface area contributed by atoms with Crippen LogP contribution in [0, 0.1) is 17.8 Å². The molecule has 4 rings (SSSR count). The lowest BCUT2D eigenvalue weighted by Crippen LogP contribution is -2.58. The SMILES string of the molecule is CCCCCNC(=O)C1N([C@@H](CO)CC(C)C)C(=O)[C@@H]2[C@@H](C(=O)NCc3ccccc3)[C@@]3(CC)CCC12O3. The summed E-state index contributed by atoms with van der Waals surface area (Å²) in [6.45, 7) is 8.83. The molecule has 8 nitrogen and oxygen atoms in total. The molecule has 38 heavy (non-hydrogen) atoms. The van der Waals surface area contributed by atoms with E-state index < -0.39 is 35.1 Å². The summed E-state index contributed by atoms with van der Waals surface area (Å²) in [7, 11) is 0. The fraction of sp³-hybridized carbons (Fsp3) is 0.700. The highest BCUT2D eigenvalue weighted by Crippen LogP contribution is 2.64. The van der Waals surface area contributed by atoms with E-state index in [9.17, 15) is 19.5 Å². The molecule has 0 radical (unpaired) electrons. The number of nitrogens with one attached hydrogen (secondary N) is 2. The molecule has 6 atom stereocenters. The third-order valence-electron chi connectivity index (χ3n) is 8.89. The largest absolute Gasteiger partial charge is 0.394 e. The number of aliphatic hydroxyl groups excluding tert-OH is 1. The zero-order valence-electron chi connectivity index (χ0n) is 23.4. The highest BCUT2D eigenvalue weighted by molar-refractivity contribution is 5.99. The number of ether oxygens (including phenoxy) is 1. The first-order valence-corrected chi connectivity index (χ1v) is 14.5. The van der Waals surface area contributed by atoms with Crippen molar-refractivity contribution in [1.82, 2.24) is 15.5 Å². The third-order valence-corrected chi connectivity index (χ3v) is 8.89. The fourth-order valence-corrected chi connectivity index (χ4v) is 7.15. The number of fused-ring (bicyclic) bond motifs is 1. The van der Waals surface area contributed by atoms with E-state index >= 15 is 0 Å². The molecule has 210 valence electrons. The number of aliphatic hydroxyl groups is 1. The Bertz CT molecular complexity index is 1000. The lowest BCUT2D eigenvalue weighted by Gasteiger charge is -2.38. The van der Waals surface area contributed by atoms with Crippen LogP contribution in [0.4, 0.5) is 0 Å². The van der Waals surface area contributed by atoms with Gasteiger partial charge < -0.3 is 25.4 Å². The van der Waals surface area contributed by atoms with Crippen LogP contribution in [0.1, 0.15) is 78.2 Å². The van der Waals surface area contributed by atoms with Crippen molar-refractivity contribution >= 4 is 17.7 Å². The van der Waals surface area contributed by atoms with Crippen LogP contribution in [0.5, 0.6) is 0 Å². The van der Waals surface area contributed by atoms with Crippen LogP contribution in [-0.2, 0) is 25.7 Å². The second kappa shape index (κ2) is 11.7. The number of rotatable bonds is 13. The molecule has 3 fully saturated rings. The first kappa shape index (κ1) is 28.6. The molecule has 2 bridgehead atoms. The third kappa shape index (κ3) is 4.97. The summed E-state index contributed by atoms with van der Waals surface area (Å²) in [6.07, 6.45) is 5.22. The monoisotopic (exact) mass is 527 g/mol. The predicted octanol–water partition coefficient (Wildman–Crippen LogP) is 3.17. The van der Waals surface area contributed by atoms with Gasteiger partial charge in [-0.05, 0) is 43.6 Å². The summed E-state index contributed by atoms with van der Waals surface area (Å²) in [4.78, 5) is 43.5. The number of carbonyl (C=O) groups is 3. The van der Waals surface area contributed by atoms with Crippen LogP contribution in [0.3, 0.4) is 0 Å². The Morgan fingerprint density at radius 1 is 1.11 bits per heavy atom. The molecule has 3 saturated heterocycles. The molecule has 1 aromatic carbocycles. The minimum Gasteiger partial charge on any atom is -0.394 e. The van der Waals surface area contributed by atoms with Crippen LogP contribution in [0.25, 0.3) is 0 Å². The minimum atomic E-state index is -1.07. The van der Waals surface area contributed by atoms with E-state index in [1.54, 1.807) is 4.90 Å². The Labute approximate surface area is 226 Å². The molecular formula is C30H45N3O5. The summed E-state index contributed by atoms with van der Waals surface area (Å²) in [5, 5.41) is 16.5. The maximum absolute atomic E-state index is 14.3. The summed E-state index contributed by atoms with van der Waals surface area (Å²) < 4.78 is 6.80. The molecule has 3 N–H and O–H groups in total. The van der Waals surface area contributed by atoms with E-state index in [2.05, 4.69) is 17.6 Å². The molecule has 2 unspecified atom stereocenters. The maximum atomic E-state index is 14.3. The Hall–Kier alpha value is -2.45. The minimum absolute atomic E-state index is 0.205. The molecule has 3 aliphatic rings. The van der Waals surface area contributed by atoms with Crippen molar-refractivity contribution in [3.63, 3.8) is 0 Å². The number of nitrogens with zero attached hydrogens (tertiary/aromatic N) is 1. The smallest absolute Gasteiger partial charge is 0.245 e. The van der Waals surface area contributed by atoms with Crippen molar-refractivity contribution in [3.05, 3.63) is 35.9 Å². The molecule has 0 aliphatic carbocycles. The van der Waals surface area contributed by atoms with Gasteiger partial charge in [-0.25, -0.2) is 0 Å². The van der Waals surface area contributed by atoms with Crippen molar-refractivity contribution in [1.29, 1.82) is 0 Å². The molecule has 0 aromatic heterocycles. The van der Waals surface area contributed by atoms with E-state index in [-0.39, 0.29) is 30.2 Å². The molecule has 3 heterocycles. The summed E-state index contributed by atoms with van der Waals surface area (Å²) in [6, 6.07) is 8.31. The quantitative estimate of drug-likeness (QED) is 0.342. The number of hydrogen-bond acceptors (Lipinski definition) is 5. The molecule has 8 heteroatoms. The standard InChI is InChI=1S/C30H45N3O5/c1-5-7-11-16-31-27(36)25-30-15-14-29(6-2,38-30)23(26(35)32-18-21-12-9-8-10-13-21)24(30)28(37)33(25)22(19-34)17-20(3)4/h8-10,12-13,20,22-25,34H,5-7,11,14-19H2,1-4H3,(H,31,36)(H,32,35)/t22-,23+,24+,25?,29-,30?/m1/s1. The Kier molecular flexibility index (Phi) is 8.82. The first-order valence-electron chi connectivity index (χ1n) is 14.5. The van der Waals surface area contributed by atoms with Crippen molar-refractivity contribution < 1.29 is 24.2 Å². The van der Waals surface area contributed by atoms with Crippen LogP contribution in [-0.4, -0.2) is 64.2 Å². The number of benzene rings is 1. The second-order valence-corrected chi connectivity index (χ2v) is 11.7. The molecule has 3 amide bonds. The Balaban J connectivity index is 1.68. The molecule has 1 spiro atoms. The summed E-state index contributed by atoms with van der Waals surface area (Å²) in [5.41, 5.74) is -0.868. The number of amides is 3. The lowest BCUT2D eigenvalue weighted by molar-refractivity contribution is -0.151. The zero-order valence-corrected chi connectivity index (χ0v) is 23.4. The van der Waals surface area contributed by atoms with E-state index in [1.807, 2.05) is 51.1 Å². The highest BCUT2D eigenvalue weighted by atomic mass is 16.5. The van der Waals surface area contributed by atoms with E-state index in [4.69, 9.17) is 4.74 Å². The second-order valence-electron chi connectivity index (χ2n) is 11.7. The van der Waals surface area contributed by atoms with Gasteiger partial charge in [0.05, 0.1) is 30.1 Å². The molecular weight excluding hydrogens is 482 g/mol. The van der Waals surface area contributed by atoms with Gasteiger partial charge in [-0.1, -0.05) is 70.9 Å². The number of carbonyl (C=O) groups excluding carboxylic acids is 3. The normalized spacial score (nSPS) is 30.5. The van der Waals surface area contributed by atoms with E-state index in [0.29, 0.717) is 38.8 Å². The summed E-state index contributed by atoms with van der Waals surface area (Å²) >= 11 is 0. The lowest BCUT2D eigenvalue weighted by atomic mass is 9.65. The van der Waals surface area contributed by atoms with E-state index in [0.717, 1.165) is 24.8 Å². The molecule has 0 saturated carbocycles.